The maximum atomic E-state index is 15.2. The number of anilines is 3. The summed E-state index contributed by atoms with van der Waals surface area (Å²) in [5.41, 5.74) is 6.20. The van der Waals surface area contributed by atoms with Gasteiger partial charge in [0.1, 0.15) is 5.82 Å². The molecule has 0 saturated carbocycles. The first-order valence-corrected chi connectivity index (χ1v) is 15.5. The van der Waals surface area contributed by atoms with Crippen LogP contribution >= 0.6 is 11.3 Å². The summed E-state index contributed by atoms with van der Waals surface area (Å²) in [5, 5.41) is 3.16. The number of nitrogens with zero attached hydrogens (tertiary/aromatic N) is 4. The zero-order chi connectivity index (χ0) is 30.2. The molecule has 1 aliphatic carbocycles. The highest BCUT2D eigenvalue weighted by molar-refractivity contribution is 7.14. The lowest BCUT2D eigenvalue weighted by molar-refractivity contribution is 0.0984. The lowest BCUT2D eigenvalue weighted by atomic mass is 9.89. The molecule has 4 heterocycles. The second-order valence-corrected chi connectivity index (χ2v) is 14.1. The number of carbonyl (C=O) groups is 1. The summed E-state index contributed by atoms with van der Waals surface area (Å²) in [7, 11) is 3.75. The van der Waals surface area contributed by atoms with Crippen LogP contribution in [0.2, 0.25) is 0 Å². The molecule has 0 atom stereocenters. The number of thiophene rings is 1. The van der Waals surface area contributed by atoms with Crippen LogP contribution in [-0.2, 0) is 26.3 Å². The predicted octanol–water partition coefficient (Wildman–Crippen LogP) is 5.93. The van der Waals surface area contributed by atoms with Gasteiger partial charge in [-0.05, 0) is 85.2 Å². The van der Waals surface area contributed by atoms with E-state index in [1.165, 1.54) is 32.7 Å². The first kappa shape index (κ1) is 28.0. The third-order valence-electron chi connectivity index (χ3n) is 9.06. The first-order chi connectivity index (χ1) is 20.5. The van der Waals surface area contributed by atoms with E-state index >= 15 is 4.39 Å². The van der Waals surface area contributed by atoms with E-state index < -0.39 is 5.82 Å². The Morgan fingerprint density at radius 1 is 1.07 bits per heavy atom. The van der Waals surface area contributed by atoms with Crippen LogP contribution in [0.5, 0.6) is 0 Å². The van der Waals surface area contributed by atoms with Crippen molar-refractivity contribution in [3.63, 3.8) is 0 Å². The number of hydrogen-bond acceptors (Lipinski definition) is 6. The number of likely N-dealkylation sites (N-methyl/N-ethyl adjacent to an activating group) is 1. The third kappa shape index (κ3) is 4.88. The summed E-state index contributed by atoms with van der Waals surface area (Å²) in [5.74, 6) is 0.0646. The summed E-state index contributed by atoms with van der Waals surface area (Å²) in [4.78, 5) is 37.4. The molecule has 1 saturated heterocycles. The van der Waals surface area contributed by atoms with Crippen LogP contribution < -0.4 is 15.8 Å². The number of amides is 1. The molecule has 43 heavy (non-hydrogen) atoms. The van der Waals surface area contributed by atoms with Crippen LogP contribution in [0.1, 0.15) is 56.6 Å². The Morgan fingerprint density at radius 2 is 1.81 bits per heavy atom. The van der Waals surface area contributed by atoms with Crippen molar-refractivity contribution in [3.8, 4) is 11.3 Å². The van der Waals surface area contributed by atoms with Gasteiger partial charge in [0.15, 0.2) is 5.82 Å². The highest BCUT2D eigenvalue weighted by atomic mass is 32.1. The fourth-order valence-electron chi connectivity index (χ4n) is 6.78. The molecule has 1 fully saturated rings. The van der Waals surface area contributed by atoms with Gasteiger partial charge >= 0.3 is 0 Å². The molecule has 0 spiro atoms. The van der Waals surface area contributed by atoms with Crippen molar-refractivity contribution in [1.82, 2.24) is 14.5 Å². The molecule has 0 bridgehead atoms. The van der Waals surface area contributed by atoms with Crippen LogP contribution in [0.15, 0.2) is 47.4 Å². The van der Waals surface area contributed by atoms with Crippen LogP contribution in [0.3, 0.4) is 0 Å². The van der Waals surface area contributed by atoms with Gasteiger partial charge in [-0.1, -0.05) is 26.0 Å². The van der Waals surface area contributed by atoms with Crippen molar-refractivity contribution < 1.29 is 9.18 Å². The van der Waals surface area contributed by atoms with Gasteiger partial charge in [-0.2, -0.15) is 0 Å². The Kier molecular flexibility index (Phi) is 6.59. The van der Waals surface area contributed by atoms with E-state index in [2.05, 4.69) is 55.2 Å². The number of aryl methyl sites for hydroxylation is 1. The van der Waals surface area contributed by atoms with Crippen molar-refractivity contribution in [2.75, 3.05) is 36.9 Å². The molecule has 1 amide bonds. The SMILES string of the molecule is [CH2]c1c(-c2cn(C)c(=O)c(Nc3ccc(C4CN(C)C4)cc3)n2)cc(F)cc1N1CCc2c(sc3c2CC(C)(C)C3)C1=O. The van der Waals surface area contributed by atoms with Crippen LogP contribution in [0.25, 0.3) is 11.3 Å². The second kappa shape index (κ2) is 10.1. The standard InChI is InChI=1S/C34H35FN5O2S/c1-19-25(27-18-39(5)33(42)31(37-27)36-23-8-6-20(7-9-23)21-16-38(4)17-21)12-22(35)13-28(19)40-11-10-24-26-14-34(2,3)15-29(26)43-30(24)32(40)41/h6-9,12-13,18,21H,1,10-11,14-17H2,2-5H3,(H,36,37). The van der Waals surface area contributed by atoms with E-state index in [1.807, 2.05) is 12.1 Å². The molecule has 7 nitrogen and oxygen atoms in total. The molecule has 7 rings (SSSR count). The van der Waals surface area contributed by atoms with E-state index in [0.717, 1.165) is 48.5 Å². The highest BCUT2D eigenvalue weighted by Gasteiger charge is 2.38. The minimum absolute atomic E-state index is 0.104. The van der Waals surface area contributed by atoms with Gasteiger partial charge in [-0.25, -0.2) is 9.37 Å². The minimum Gasteiger partial charge on any atom is -0.336 e. The van der Waals surface area contributed by atoms with Crippen molar-refractivity contribution >= 4 is 34.4 Å². The third-order valence-corrected chi connectivity index (χ3v) is 10.3. The normalized spacial score (nSPS) is 18.0. The van der Waals surface area contributed by atoms with Gasteiger partial charge in [-0.3, -0.25) is 9.59 Å². The molecule has 1 N–H and O–H groups in total. The first-order valence-electron chi connectivity index (χ1n) is 14.7. The van der Waals surface area contributed by atoms with Crippen LogP contribution in [-0.4, -0.2) is 47.0 Å². The molecule has 2 aromatic carbocycles. The fourth-order valence-corrected chi connectivity index (χ4v) is 8.36. The van der Waals surface area contributed by atoms with Gasteiger partial charge in [0.25, 0.3) is 11.5 Å². The lowest BCUT2D eigenvalue weighted by Gasteiger charge is -2.36. The number of benzene rings is 2. The summed E-state index contributed by atoms with van der Waals surface area (Å²) >= 11 is 1.59. The summed E-state index contributed by atoms with van der Waals surface area (Å²) in [6.45, 7) is 11.4. The topological polar surface area (TPSA) is 70.5 Å². The smallest absolute Gasteiger partial charge is 0.293 e. The molecule has 1 radical (unpaired) electrons. The number of nitrogens with one attached hydrogen (secondary N) is 1. The lowest BCUT2D eigenvalue weighted by Crippen LogP contribution is -2.41. The molecule has 4 aromatic rings. The van der Waals surface area contributed by atoms with E-state index in [0.29, 0.717) is 35.0 Å². The molecule has 2 aliphatic heterocycles. The van der Waals surface area contributed by atoms with Gasteiger partial charge in [0.2, 0.25) is 0 Å². The molecule has 3 aliphatic rings. The van der Waals surface area contributed by atoms with Crippen molar-refractivity contribution in [3.05, 3.63) is 97.7 Å². The van der Waals surface area contributed by atoms with E-state index in [4.69, 9.17) is 0 Å². The Labute approximate surface area is 255 Å². The number of aromatic nitrogens is 2. The fraction of sp³-hybridized carbons (Fsp3) is 0.353. The molecular weight excluding hydrogens is 561 g/mol. The number of hydrogen-bond donors (Lipinski definition) is 1. The van der Waals surface area contributed by atoms with Gasteiger partial charge in [-0.15, -0.1) is 11.3 Å². The second-order valence-electron chi connectivity index (χ2n) is 13.0. The number of carbonyl (C=O) groups excluding carboxylic acids is 1. The summed E-state index contributed by atoms with van der Waals surface area (Å²) < 4.78 is 16.6. The molecular formula is C34H35FN5O2S. The van der Waals surface area contributed by atoms with Crippen molar-refractivity contribution in [1.29, 1.82) is 0 Å². The highest BCUT2D eigenvalue weighted by Crippen LogP contribution is 2.46. The molecule has 2 aromatic heterocycles. The number of likely N-dealkylation sites (tertiary alicyclic amines) is 1. The van der Waals surface area contributed by atoms with Crippen molar-refractivity contribution in [2.45, 2.75) is 39.0 Å². The van der Waals surface area contributed by atoms with E-state index in [-0.39, 0.29) is 22.7 Å². The van der Waals surface area contributed by atoms with Crippen molar-refractivity contribution in [2.24, 2.45) is 12.5 Å². The van der Waals surface area contributed by atoms with Gasteiger partial charge in [0, 0.05) is 54.9 Å². The summed E-state index contributed by atoms with van der Waals surface area (Å²) in [6.07, 6.45) is 4.29. The maximum absolute atomic E-state index is 15.2. The predicted molar refractivity (Wildman–Crippen MR) is 170 cm³/mol. The largest absolute Gasteiger partial charge is 0.336 e. The monoisotopic (exact) mass is 596 g/mol. The quantitative estimate of drug-likeness (QED) is 0.309. The number of fused-ring (bicyclic) bond motifs is 3. The number of halogens is 1. The zero-order valence-electron chi connectivity index (χ0n) is 25.0. The van der Waals surface area contributed by atoms with E-state index in [9.17, 15) is 9.59 Å². The Morgan fingerprint density at radius 3 is 2.53 bits per heavy atom. The molecule has 221 valence electrons. The molecule has 0 unspecified atom stereocenters. The average Bonchev–Trinajstić information content (AvgIpc) is 3.43. The van der Waals surface area contributed by atoms with Gasteiger partial charge < -0.3 is 19.7 Å². The summed E-state index contributed by atoms with van der Waals surface area (Å²) in [6, 6.07) is 10.8. The van der Waals surface area contributed by atoms with Gasteiger partial charge in [0.05, 0.1) is 16.3 Å². The van der Waals surface area contributed by atoms with Crippen LogP contribution in [0.4, 0.5) is 21.6 Å². The molecule has 9 heteroatoms. The Hall–Kier alpha value is -3.82. The Bertz CT molecular complexity index is 1830. The maximum Gasteiger partial charge on any atom is 0.293 e. The van der Waals surface area contributed by atoms with E-state index in [1.54, 1.807) is 29.5 Å². The average molecular weight is 597 g/mol. The Balaban J connectivity index is 1.20. The van der Waals surface area contributed by atoms with Crippen LogP contribution in [0, 0.1) is 18.2 Å². The minimum atomic E-state index is -0.492. The number of rotatable bonds is 5. The zero-order valence-corrected chi connectivity index (χ0v) is 25.8.